The third-order valence-electron chi connectivity index (χ3n) is 5.25. The summed E-state index contributed by atoms with van der Waals surface area (Å²) in [5.74, 6) is -1.00. The zero-order chi connectivity index (χ0) is 28.0. The number of anilines is 1. The lowest BCUT2D eigenvalue weighted by molar-refractivity contribution is -0.150. The molecule has 2 rings (SSSR count). The summed E-state index contributed by atoms with van der Waals surface area (Å²) in [6.07, 6.45) is -6.12. The van der Waals surface area contributed by atoms with Crippen molar-refractivity contribution in [3.63, 3.8) is 0 Å². The Hall–Kier alpha value is -3.38. The van der Waals surface area contributed by atoms with Crippen molar-refractivity contribution in [2.45, 2.75) is 38.5 Å². The van der Waals surface area contributed by atoms with Gasteiger partial charge in [0, 0.05) is 38.3 Å². The lowest BCUT2D eigenvalue weighted by atomic mass is 10.1. The molecule has 2 N–H and O–H groups in total. The van der Waals surface area contributed by atoms with Crippen LogP contribution in [0.25, 0.3) is 0 Å². The number of carbonyl (C=O) groups excluding carboxylic acids is 1. The van der Waals surface area contributed by atoms with Crippen molar-refractivity contribution in [2.24, 2.45) is 0 Å². The summed E-state index contributed by atoms with van der Waals surface area (Å²) in [6, 6.07) is 11.5. The number of nitrogens with one attached hydrogen (secondary N) is 1. The first kappa shape index (κ1) is 30.8. The number of aliphatic carboxylic acids is 1. The molecule has 0 saturated carbocycles. The molecule has 12 heteroatoms. The summed E-state index contributed by atoms with van der Waals surface area (Å²) < 4.78 is 66.1. The second kappa shape index (κ2) is 15.8. The predicted molar refractivity (Wildman–Crippen MR) is 132 cm³/mol. The van der Waals surface area contributed by atoms with Crippen LogP contribution in [0.15, 0.2) is 48.5 Å². The van der Waals surface area contributed by atoms with Gasteiger partial charge >= 0.3 is 18.2 Å². The monoisotopic (exact) mass is 544 g/mol. The first-order chi connectivity index (χ1) is 18.1. The SMILES string of the molecule is CCOC(Cc1ccc(OCCN(CCOCCCC(F)(F)F)C(=O)Nc2ccc(F)cc2)cc1)C(=O)O. The van der Waals surface area contributed by atoms with E-state index in [1.165, 1.54) is 29.2 Å². The molecule has 0 spiro atoms. The molecule has 38 heavy (non-hydrogen) atoms. The van der Waals surface area contributed by atoms with E-state index in [2.05, 4.69) is 5.32 Å². The standard InChI is InChI=1S/C26H32F4N2O6/c1-2-37-23(24(33)34)18-19-4-10-22(11-5-19)38-17-14-32(13-16-36-15-3-12-26(28,29)30)25(35)31-21-8-6-20(27)7-9-21/h4-11,23H,2-3,12-18H2,1H3,(H,31,35)(H,33,34). The minimum Gasteiger partial charge on any atom is -0.492 e. The Labute approximate surface area is 218 Å². The van der Waals surface area contributed by atoms with Gasteiger partial charge < -0.3 is 29.5 Å². The number of ether oxygens (including phenoxy) is 3. The maximum Gasteiger partial charge on any atom is 0.389 e. The molecule has 0 bridgehead atoms. The van der Waals surface area contributed by atoms with Gasteiger partial charge in [-0.2, -0.15) is 13.2 Å². The van der Waals surface area contributed by atoms with Crippen molar-refractivity contribution in [1.29, 1.82) is 0 Å². The average molecular weight is 545 g/mol. The second-order valence-corrected chi connectivity index (χ2v) is 8.23. The normalized spacial score (nSPS) is 12.1. The van der Waals surface area contributed by atoms with E-state index in [0.29, 0.717) is 11.4 Å². The smallest absolute Gasteiger partial charge is 0.389 e. The molecule has 8 nitrogen and oxygen atoms in total. The Morgan fingerprint density at radius 1 is 1.00 bits per heavy atom. The number of carboxylic acids is 1. The van der Waals surface area contributed by atoms with Gasteiger partial charge in [0.15, 0.2) is 6.10 Å². The van der Waals surface area contributed by atoms with Gasteiger partial charge in [-0.25, -0.2) is 14.0 Å². The van der Waals surface area contributed by atoms with Crippen LogP contribution >= 0.6 is 0 Å². The molecular weight excluding hydrogens is 512 g/mol. The van der Waals surface area contributed by atoms with Crippen LogP contribution in [0.5, 0.6) is 5.75 Å². The van der Waals surface area contributed by atoms with E-state index < -0.39 is 36.5 Å². The number of carboxylic acid groups (broad SMARTS) is 1. The quantitative estimate of drug-likeness (QED) is 0.225. The number of benzene rings is 2. The fourth-order valence-electron chi connectivity index (χ4n) is 3.33. The van der Waals surface area contributed by atoms with Crippen molar-refractivity contribution in [3.8, 4) is 5.75 Å². The highest BCUT2D eigenvalue weighted by atomic mass is 19.4. The van der Waals surface area contributed by atoms with E-state index >= 15 is 0 Å². The Morgan fingerprint density at radius 2 is 1.66 bits per heavy atom. The number of hydrogen-bond donors (Lipinski definition) is 2. The Balaban J connectivity index is 1.89. The van der Waals surface area contributed by atoms with Crippen LogP contribution in [-0.4, -0.2) is 73.8 Å². The van der Waals surface area contributed by atoms with E-state index in [0.717, 1.165) is 5.56 Å². The average Bonchev–Trinajstić information content (AvgIpc) is 2.86. The van der Waals surface area contributed by atoms with Gasteiger partial charge in [-0.3, -0.25) is 0 Å². The third-order valence-corrected chi connectivity index (χ3v) is 5.25. The molecule has 0 aliphatic rings. The van der Waals surface area contributed by atoms with Crippen LogP contribution < -0.4 is 10.1 Å². The second-order valence-electron chi connectivity index (χ2n) is 8.23. The highest BCUT2D eigenvalue weighted by Gasteiger charge is 2.26. The summed E-state index contributed by atoms with van der Waals surface area (Å²) in [5.41, 5.74) is 1.12. The van der Waals surface area contributed by atoms with Crippen molar-refractivity contribution in [2.75, 3.05) is 44.8 Å². The molecule has 0 fully saturated rings. The van der Waals surface area contributed by atoms with Crippen LogP contribution in [0.1, 0.15) is 25.3 Å². The molecule has 2 aromatic carbocycles. The predicted octanol–water partition coefficient (Wildman–Crippen LogP) is 5.13. The molecular formula is C26H32F4N2O6. The summed E-state index contributed by atoms with van der Waals surface area (Å²) >= 11 is 0. The van der Waals surface area contributed by atoms with Gasteiger partial charge in [0.1, 0.15) is 18.2 Å². The van der Waals surface area contributed by atoms with Crippen molar-refractivity contribution >= 4 is 17.7 Å². The van der Waals surface area contributed by atoms with E-state index in [4.69, 9.17) is 14.2 Å². The number of alkyl halides is 3. The highest BCUT2D eigenvalue weighted by molar-refractivity contribution is 5.89. The maximum atomic E-state index is 13.2. The molecule has 0 heterocycles. The molecule has 1 atom stereocenters. The zero-order valence-electron chi connectivity index (χ0n) is 21.0. The largest absolute Gasteiger partial charge is 0.492 e. The molecule has 2 aromatic rings. The molecule has 0 aliphatic heterocycles. The Bertz CT molecular complexity index is 987. The Kier molecular flexibility index (Phi) is 12.8. The maximum absolute atomic E-state index is 13.2. The first-order valence-electron chi connectivity index (χ1n) is 12.1. The van der Waals surface area contributed by atoms with E-state index in [1.54, 1.807) is 31.2 Å². The lowest BCUT2D eigenvalue weighted by Gasteiger charge is -2.23. The number of hydrogen-bond acceptors (Lipinski definition) is 5. The molecule has 0 radical (unpaired) electrons. The van der Waals surface area contributed by atoms with Crippen molar-refractivity contribution in [3.05, 3.63) is 59.9 Å². The molecule has 210 valence electrons. The summed E-state index contributed by atoms with van der Waals surface area (Å²) in [5, 5.41) is 11.9. The van der Waals surface area contributed by atoms with Gasteiger partial charge in [0.25, 0.3) is 0 Å². The van der Waals surface area contributed by atoms with Crippen LogP contribution in [0.3, 0.4) is 0 Å². The van der Waals surface area contributed by atoms with Crippen LogP contribution in [0.2, 0.25) is 0 Å². The number of carbonyl (C=O) groups is 2. The van der Waals surface area contributed by atoms with E-state index in [1.807, 2.05) is 0 Å². The number of nitrogens with zero attached hydrogens (tertiary/aromatic N) is 1. The molecule has 0 aromatic heterocycles. The molecule has 2 amide bonds. The van der Waals surface area contributed by atoms with Gasteiger partial charge in [0.2, 0.25) is 0 Å². The topological polar surface area (TPSA) is 97.3 Å². The van der Waals surface area contributed by atoms with Crippen LogP contribution in [0.4, 0.5) is 28.0 Å². The number of urea groups is 1. The van der Waals surface area contributed by atoms with Crippen molar-refractivity contribution in [1.82, 2.24) is 4.90 Å². The van der Waals surface area contributed by atoms with Gasteiger partial charge in [-0.05, 0) is 55.3 Å². The fraction of sp³-hybridized carbons (Fsp3) is 0.462. The Morgan fingerprint density at radius 3 is 2.26 bits per heavy atom. The molecule has 0 saturated heterocycles. The zero-order valence-corrected chi connectivity index (χ0v) is 21.0. The fourth-order valence-corrected chi connectivity index (χ4v) is 3.33. The van der Waals surface area contributed by atoms with E-state index in [9.17, 15) is 32.3 Å². The highest BCUT2D eigenvalue weighted by Crippen LogP contribution is 2.21. The number of rotatable bonds is 16. The summed E-state index contributed by atoms with van der Waals surface area (Å²) in [6.45, 7) is 2.25. The summed E-state index contributed by atoms with van der Waals surface area (Å²) in [7, 11) is 0. The van der Waals surface area contributed by atoms with E-state index in [-0.39, 0.29) is 52.4 Å². The summed E-state index contributed by atoms with van der Waals surface area (Å²) in [4.78, 5) is 25.4. The third kappa shape index (κ3) is 12.2. The van der Waals surface area contributed by atoms with Gasteiger partial charge in [-0.1, -0.05) is 12.1 Å². The van der Waals surface area contributed by atoms with Crippen LogP contribution in [-0.2, 0) is 20.7 Å². The first-order valence-corrected chi connectivity index (χ1v) is 12.1. The number of halogens is 4. The minimum atomic E-state index is -4.25. The number of amides is 2. The minimum absolute atomic E-state index is 0.0218. The molecule has 1 unspecified atom stereocenters. The van der Waals surface area contributed by atoms with Crippen molar-refractivity contribution < 1.29 is 46.5 Å². The van der Waals surface area contributed by atoms with Crippen LogP contribution in [0, 0.1) is 5.82 Å². The van der Waals surface area contributed by atoms with Gasteiger partial charge in [0.05, 0.1) is 13.2 Å². The van der Waals surface area contributed by atoms with Gasteiger partial charge in [-0.15, -0.1) is 0 Å². The molecule has 0 aliphatic carbocycles. The lowest BCUT2D eigenvalue weighted by Crippen LogP contribution is -2.40.